The molecule has 0 saturated carbocycles. The van der Waals surface area contributed by atoms with Crippen LogP contribution >= 0.6 is 0 Å². The molecule has 0 aromatic heterocycles. The molecule has 19 heavy (non-hydrogen) atoms. The molecular weight excluding hydrogens is 230 g/mol. The van der Waals surface area contributed by atoms with Gasteiger partial charge in [0, 0.05) is 5.69 Å². The molecule has 0 unspecified atom stereocenters. The average molecular weight is 249 g/mol. The Hall–Kier alpha value is -2.54. The van der Waals surface area contributed by atoms with E-state index in [9.17, 15) is 0 Å². The predicted molar refractivity (Wildman–Crippen MR) is 83.7 cm³/mol. The number of rotatable bonds is 0. The Kier molecular flexibility index (Phi) is 8.10. The van der Waals surface area contributed by atoms with Crippen LogP contribution in [0.3, 0.4) is 0 Å². The molecule has 3 aromatic carbocycles. The van der Waals surface area contributed by atoms with Crippen molar-refractivity contribution in [2.45, 2.75) is 0 Å². The monoisotopic (exact) mass is 249 g/mol. The van der Waals surface area contributed by atoms with Gasteiger partial charge in [-0.15, -0.1) is 0 Å². The van der Waals surface area contributed by atoms with Crippen LogP contribution in [0.25, 0.3) is 0 Å². The minimum Gasteiger partial charge on any atom is -0.399 e. The van der Waals surface area contributed by atoms with E-state index < -0.39 is 0 Å². The fraction of sp³-hybridized carbons (Fsp3) is 0. The van der Waals surface area contributed by atoms with Crippen LogP contribution in [0.5, 0.6) is 0 Å². The summed E-state index contributed by atoms with van der Waals surface area (Å²) >= 11 is 0. The van der Waals surface area contributed by atoms with Crippen LogP contribution in [0.15, 0.2) is 103 Å². The van der Waals surface area contributed by atoms with Crippen LogP contribution in [0.4, 0.5) is 5.69 Å². The van der Waals surface area contributed by atoms with Crippen molar-refractivity contribution in [1.29, 1.82) is 0 Å². The lowest BCUT2D eigenvalue weighted by molar-refractivity contribution is 1.69. The molecule has 0 atom stereocenters. The SMILES string of the molecule is Nc1ccccc1.c1ccccc1.c1ccccc1. The quantitative estimate of drug-likeness (QED) is 0.577. The van der Waals surface area contributed by atoms with Crippen molar-refractivity contribution in [2.75, 3.05) is 5.73 Å². The van der Waals surface area contributed by atoms with Crippen LogP contribution in [0.2, 0.25) is 0 Å². The first-order valence-corrected chi connectivity index (χ1v) is 6.20. The zero-order chi connectivity index (χ0) is 13.6. The molecule has 96 valence electrons. The number of para-hydroxylation sites is 1. The van der Waals surface area contributed by atoms with Crippen LogP contribution < -0.4 is 5.73 Å². The Morgan fingerprint density at radius 1 is 0.368 bits per heavy atom. The van der Waals surface area contributed by atoms with E-state index in [0.717, 1.165) is 5.69 Å². The minimum absolute atomic E-state index is 0.822. The molecule has 1 nitrogen and oxygen atoms in total. The molecule has 1 heteroatoms. The fourth-order valence-corrected chi connectivity index (χ4v) is 1.22. The van der Waals surface area contributed by atoms with Crippen LogP contribution in [-0.4, -0.2) is 0 Å². The maximum Gasteiger partial charge on any atom is 0.0313 e. The largest absolute Gasteiger partial charge is 0.399 e. The van der Waals surface area contributed by atoms with Crippen molar-refractivity contribution >= 4 is 5.69 Å². The second kappa shape index (κ2) is 10.6. The summed E-state index contributed by atoms with van der Waals surface area (Å²) in [7, 11) is 0. The summed E-state index contributed by atoms with van der Waals surface area (Å²) < 4.78 is 0. The smallest absolute Gasteiger partial charge is 0.0313 e. The lowest BCUT2D eigenvalue weighted by atomic mass is 10.3. The number of nitrogens with two attached hydrogens (primary N) is 1. The summed E-state index contributed by atoms with van der Waals surface area (Å²) in [5.41, 5.74) is 6.18. The Balaban J connectivity index is 0.000000143. The first-order valence-electron chi connectivity index (χ1n) is 6.20. The molecule has 2 N–H and O–H groups in total. The topological polar surface area (TPSA) is 26.0 Å². The maximum absolute atomic E-state index is 5.36. The van der Waals surface area contributed by atoms with Crippen molar-refractivity contribution < 1.29 is 0 Å². The molecular formula is C18H19N. The van der Waals surface area contributed by atoms with Gasteiger partial charge in [-0.25, -0.2) is 0 Å². The first kappa shape index (κ1) is 14.5. The van der Waals surface area contributed by atoms with E-state index in [1.165, 1.54) is 0 Å². The number of nitrogen functional groups attached to an aromatic ring is 1. The van der Waals surface area contributed by atoms with E-state index in [4.69, 9.17) is 5.73 Å². The summed E-state index contributed by atoms with van der Waals surface area (Å²) in [5.74, 6) is 0. The molecule has 0 radical (unpaired) electrons. The third-order valence-electron chi connectivity index (χ3n) is 2.13. The molecule has 3 aromatic rings. The van der Waals surface area contributed by atoms with Crippen LogP contribution in [-0.2, 0) is 0 Å². The summed E-state index contributed by atoms with van der Waals surface area (Å²) in [6.45, 7) is 0. The zero-order valence-electron chi connectivity index (χ0n) is 10.9. The van der Waals surface area contributed by atoms with Gasteiger partial charge in [0.25, 0.3) is 0 Å². The van der Waals surface area contributed by atoms with E-state index in [1.807, 2.05) is 103 Å². The van der Waals surface area contributed by atoms with Gasteiger partial charge in [0.1, 0.15) is 0 Å². The van der Waals surface area contributed by atoms with Crippen LogP contribution in [0.1, 0.15) is 0 Å². The van der Waals surface area contributed by atoms with Crippen molar-refractivity contribution in [3.8, 4) is 0 Å². The lowest BCUT2D eigenvalue weighted by Crippen LogP contribution is -1.79. The Bertz CT molecular complexity index is 407. The van der Waals surface area contributed by atoms with Gasteiger partial charge in [-0.3, -0.25) is 0 Å². The number of benzene rings is 3. The standard InChI is InChI=1S/C6H7N.2C6H6/c7-6-4-2-1-3-5-6;2*1-2-4-6-5-3-1/h1-5H,7H2;2*1-6H. The van der Waals surface area contributed by atoms with E-state index in [1.54, 1.807) is 0 Å². The first-order chi connectivity index (χ1) is 9.39. The number of anilines is 1. The lowest BCUT2D eigenvalue weighted by Gasteiger charge is -1.83. The Labute approximate surface area is 115 Å². The third-order valence-corrected chi connectivity index (χ3v) is 2.13. The fourth-order valence-electron chi connectivity index (χ4n) is 1.22. The molecule has 0 amide bonds. The van der Waals surface area contributed by atoms with Crippen molar-refractivity contribution in [1.82, 2.24) is 0 Å². The molecule has 0 aliphatic carbocycles. The Morgan fingerprint density at radius 3 is 0.737 bits per heavy atom. The molecule has 0 spiro atoms. The van der Waals surface area contributed by atoms with Gasteiger partial charge in [0.05, 0.1) is 0 Å². The van der Waals surface area contributed by atoms with Gasteiger partial charge in [-0.1, -0.05) is 91.0 Å². The summed E-state index contributed by atoms with van der Waals surface area (Å²) in [4.78, 5) is 0. The molecule has 0 saturated heterocycles. The van der Waals surface area contributed by atoms with Gasteiger partial charge >= 0.3 is 0 Å². The van der Waals surface area contributed by atoms with Gasteiger partial charge in [-0.2, -0.15) is 0 Å². The Morgan fingerprint density at radius 2 is 0.579 bits per heavy atom. The highest BCUT2D eigenvalue weighted by Crippen LogP contribution is 1.95. The highest BCUT2D eigenvalue weighted by Gasteiger charge is 1.72. The van der Waals surface area contributed by atoms with Crippen LogP contribution in [0, 0.1) is 0 Å². The van der Waals surface area contributed by atoms with E-state index in [-0.39, 0.29) is 0 Å². The minimum atomic E-state index is 0.822. The van der Waals surface area contributed by atoms with E-state index in [2.05, 4.69) is 0 Å². The molecule has 0 bridgehead atoms. The van der Waals surface area contributed by atoms with Crippen molar-refractivity contribution in [2.24, 2.45) is 0 Å². The average Bonchev–Trinajstić information content (AvgIpc) is 2.53. The molecule has 0 fully saturated rings. The normalized spacial score (nSPS) is 8.21. The maximum atomic E-state index is 5.36. The molecule has 0 aliphatic rings. The van der Waals surface area contributed by atoms with Gasteiger partial charge < -0.3 is 5.73 Å². The van der Waals surface area contributed by atoms with Crippen molar-refractivity contribution in [3.63, 3.8) is 0 Å². The van der Waals surface area contributed by atoms with E-state index >= 15 is 0 Å². The second-order valence-corrected chi connectivity index (χ2v) is 3.72. The van der Waals surface area contributed by atoms with Crippen molar-refractivity contribution in [3.05, 3.63) is 103 Å². The number of hydrogen-bond donors (Lipinski definition) is 1. The predicted octanol–water partition coefficient (Wildman–Crippen LogP) is 4.64. The summed E-state index contributed by atoms with van der Waals surface area (Å²) in [6.07, 6.45) is 0. The third kappa shape index (κ3) is 9.19. The van der Waals surface area contributed by atoms with E-state index in [0.29, 0.717) is 0 Å². The molecule has 0 heterocycles. The second-order valence-electron chi connectivity index (χ2n) is 3.72. The zero-order valence-corrected chi connectivity index (χ0v) is 10.9. The molecule has 0 aliphatic heterocycles. The summed E-state index contributed by atoms with van der Waals surface area (Å²) in [6, 6.07) is 33.5. The van der Waals surface area contributed by atoms with Gasteiger partial charge in [-0.05, 0) is 12.1 Å². The highest BCUT2D eigenvalue weighted by atomic mass is 14.5. The van der Waals surface area contributed by atoms with Gasteiger partial charge in [0.15, 0.2) is 0 Å². The van der Waals surface area contributed by atoms with Gasteiger partial charge in [0.2, 0.25) is 0 Å². The number of hydrogen-bond acceptors (Lipinski definition) is 1. The highest BCUT2D eigenvalue weighted by molar-refractivity contribution is 5.35. The molecule has 3 rings (SSSR count). The summed E-state index contributed by atoms with van der Waals surface area (Å²) in [5, 5.41) is 0.